The molecular weight excluding hydrogens is 398 g/mol. The zero-order valence-electron chi connectivity index (χ0n) is 19.0. The Morgan fingerprint density at radius 1 is 1.35 bits per heavy atom. The molecule has 1 amide bonds. The van der Waals surface area contributed by atoms with Crippen LogP contribution in [0.3, 0.4) is 0 Å². The van der Waals surface area contributed by atoms with E-state index in [0.29, 0.717) is 37.5 Å². The lowest BCUT2D eigenvalue weighted by Gasteiger charge is -2.41. The predicted molar refractivity (Wildman–Crippen MR) is 122 cm³/mol. The average molecular weight is 436 g/mol. The molecule has 1 aliphatic carbocycles. The van der Waals surface area contributed by atoms with Crippen LogP contribution in [0.25, 0.3) is 0 Å². The van der Waals surface area contributed by atoms with E-state index in [9.17, 15) is 4.79 Å². The Balaban J connectivity index is 1.93. The molecule has 10 nitrogen and oxygen atoms in total. The van der Waals surface area contributed by atoms with Gasteiger partial charge < -0.3 is 36.8 Å². The van der Waals surface area contributed by atoms with Gasteiger partial charge in [-0.2, -0.15) is 0 Å². The molecule has 1 saturated carbocycles. The number of aliphatic imine (C=N–C) groups is 1. The van der Waals surface area contributed by atoms with E-state index in [-0.39, 0.29) is 48.2 Å². The average Bonchev–Trinajstić information content (AvgIpc) is 2.65. The molecule has 2 aliphatic rings. The zero-order valence-corrected chi connectivity index (χ0v) is 19.0. The summed E-state index contributed by atoms with van der Waals surface area (Å²) in [4.78, 5) is 24.0. The lowest BCUT2D eigenvalue weighted by molar-refractivity contribution is -0.141. The summed E-state index contributed by atoms with van der Waals surface area (Å²) in [5, 5.41) is 20.8. The minimum atomic E-state index is -0.669. The first-order valence-corrected chi connectivity index (χ1v) is 10.9. The van der Waals surface area contributed by atoms with Crippen LogP contribution in [0.4, 0.5) is 0 Å². The van der Waals surface area contributed by atoms with Gasteiger partial charge in [0.2, 0.25) is 5.91 Å². The van der Waals surface area contributed by atoms with Crippen molar-refractivity contribution in [3.63, 3.8) is 0 Å². The van der Waals surface area contributed by atoms with Crippen molar-refractivity contribution in [2.45, 2.75) is 77.7 Å². The van der Waals surface area contributed by atoms with Gasteiger partial charge in [-0.1, -0.05) is 5.16 Å². The number of ether oxygens (including phenoxy) is 1. The van der Waals surface area contributed by atoms with E-state index < -0.39 is 6.04 Å². The third-order valence-corrected chi connectivity index (χ3v) is 5.78. The molecule has 2 fully saturated rings. The number of nitrogens with two attached hydrogens (primary N) is 2. The largest absolute Gasteiger partial charge is 0.391 e. The van der Waals surface area contributed by atoms with Gasteiger partial charge in [-0.3, -0.25) is 9.79 Å². The number of oxime groups is 1. The van der Waals surface area contributed by atoms with Crippen molar-refractivity contribution in [1.29, 1.82) is 10.8 Å². The maximum Gasteiger partial charge on any atom is 0.225 e. The fraction of sp³-hybridized carbons (Fsp3) is 0.762. The third kappa shape index (κ3) is 7.02. The van der Waals surface area contributed by atoms with Crippen molar-refractivity contribution in [2.24, 2.45) is 33.5 Å². The summed E-state index contributed by atoms with van der Waals surface area (Å²) in [5.41, 5.74) is 11.8. The van der Waals surface area contributed by atoms with Gasteiger partial charge in [-0.25, -0.2) is 0 Å². The second-order valence-electron chi connectivity index (χ2n) is 8.73. The maximum atomic E-state index is 12.8. The number of rotatable bonds is 10. The van der Waals surface area contributed by atoms with Crippen LogP contribution in [-0.4, -0.2) is 71.8 Å². The van der Waals surface area contributed by atoms with E-state index in [1.807, 2.05) is 20.8 Å². The second kappa shape index (κ2) is 11.2. The number of hydrogen-bond acceptors (Lipinski definition) is 7. The molecule has 0 radical (unpaired) electrons. The Bertz CT molecular complexity index is 712. The first kappa shape index (κ1) is 24.8. The smallest absolute Gasteiger partial charge is 0.225 e. The Labute approximate surface area is 184 Å². The van der Waals surface area contributed by atoms with Crippen LogP contribution in [0.2, 0.25) is 0 Å². The van der Waals surface area contributed by atoms with Gasteiger partial charge in [0, 0.05) is 36.3 Å². The predicted octanol–water partition coefficient (Wildman–Crippen LogP) is 1.52. The number of amidine groups is 1. The summed E-state index contributed by atoms with van der Waals surface area (Å²) >= 11 is 0. The van der Waals surface area contributed by atoms with Gasteiger partial charge in [-0.05, 0) is 47.0 Å². The van der Waals surface area contributed by atoms with E-state index in [2.05, 4.69) is 10.1 Å². The standard InChI is InChI=1S/C21H37N7O3/c1-12(2)30-16-5-6-18(24)17(7-16)21(25)19(26-11-22)8-20(29)28-9-15(10-28)13(3)31-27-14(4)23/h11-13,15-17,19,24-25H,5-10H2,1-4H3,(H2,22,26)(H2,23,27). The number of likely N-dealkylation sites (tertiary alicyclic amines) is 1. The Hall–Kier alpha value is -2.49. The molecule has 174 valence electrons. The summed E-state index contributed by atoms with van der Waals surface area (Å²) in [6.07, 6.45) is 3.12. The van der Waals surface area contributed by atoms with Crippen LogP contribution in [0.1, 0.15) is 53.4 Å². The van der Waals surface area contributed by atoms with Crippen molar-refractivity contribution in [3.8, 4) is 0 Å². The van der Waals surface area contributed by atoms with E-state index in [1.54, 1.807) is 11.8 Å². The SMILES string of the molecule is CC(N)=NOC(C)C1CN(C(=O)CC(N=CN)C(=N)C2CC(OC(C)C)CCC2=N)C1. The Morgan fingerprint density at radius 3 is 2.61 bits per heavy atom. The highest BCUT2D eigenvalue weighted by Gasteiger charge is 2.38. The van der Waals surface area contributed by atoms with Crippen molar-refractivity contribution in [1.82, 2.24) is 4.90 Å². The highest BCUT2D eigenvalue weighted by Crippen LogP contribution is 2.29. The zero-order chi connectivity index (χ0) is 23.1. The van der Waals surface area contributed by atoms with Gasteiger partial charge in [-0.15, -0.1) is 0 Å². The van der Waals surface area contributed by atoms with Crippen LogP contribution < -0.4 is 11.5 Å². The van der Waals surface area contributed by atoms with Crippen molar-refractivity contribution < 1.29 is 14.4 Å². The van der Waals surface area contributed by atoms with Crippen LogP contribution in [-0.2, 0) is 14.4 Å². The molecule has 1 saturated heterocycles. The van der Waals surface area contributed by atoms with E-state index >= 15 is 0 Å². The molecule has 6 N–H and O–H groups in total. The summed E-state index contributed by atoms with van der Waals surface area (Å²) < 4.78 is 5.91. The van der Waals surface area contributed by atoms with Crippen molar-refractivity contribution in [2.75, 3.05) is 13.1 Å². The topological polar surface area (TPSA) is 163 Å². The second-order valence-corrected chi connectivity index (χ2v) is 8.73. The van der Waals surface area contributed by atoms with Gasteiger partial charge in [0.1, 0.15) is 11.9 Å². The van der Waals surface area contributed by atoms with Crippen LogP contribution in [0.15, 0.2) is 10.1 Å². The minimum Gasteiger partial charge on any atom is -0.391 e. The highest BCUT2D eigenvalue weighted by molar-refractivity contribution is 6.09. The number of hydrogen-bond donors (Lipinski definition) is 4. The van der Waals surface area contributed by atoms with Gasteiger partial charge in [0.15, 0.2) is 0 Å². The molecular formula is C21H37N7O3. The fourth-order valence-corrected chi connectivity index (χ4v) is 3.98. The maximum absolute atomic E-state index is 12.8. The van der Waals surface area contributed by atoms with Crippen molar-refractivity contribution in [3.05, 3.63) is 0 Å². The van der Waals surface area contributed by atoms with Gasteiger partial charge in [0.05, 0.1) is 31.0 Å². The van der Waals surface area contributed by atoms with Crippen LogP contribution >= 0.6 is 0 Å². The van der Waals surface area contributed by atoms with Crippen LogP contribution in [0.5, 0.6) is 0 Å². The quantitative estimate of drug-likeness (QED) is 0.232. The molecule has 10 heteroatoms. The Kier molecular flexibility index (Phi) is 8.97. The lowest BCUT2D eigenvalue weighted by Crippen LogP contribution is -2.55. The first-order valence-electron chi connectivity index (χ1n) is 10.9. The molecule has 0 aromatic heterocycles. The molecule has 0 bridgehead atoms. The summed E-state index contributed by atoms with van der Waals surface area (Å²) in [6.45, 7) is 8.65. The number of nitrogens with one attached hydrogen (secondary N) is 2. The Morgan fingerprint density at radius 2 is 2.03 bits per heavy atom. The summed E-state index contributed by atoms with van der Waals surface area (Å²) in [5.74, 6) is 0.0893. The molecule has 0 aromatic carbocycles. The molecule has 31 heavy (non-hydrogen) atoms. The molecule has 4 unspecified atom stereocenters. The molecule has 0 aromatic rings. The fourth-order valence-electron chi connectivity index (χ4n) is 3.98. The lowest BCUT2D eigenvalue weighted by atomic mass is 9.79. The van der Waals surface area contributed by atoms with E-state index in [1.165, 1.54) is 0 Å². The summed E-state index contributed by atoms with van der Waals surface area (Å²) in [6, 6.07) is -0.669. The minimum absolute atomic E-state index is 0.00935. The number of carbonyl (C=O) groups is 1. The summed E-state index contributed by atoms with van der Waals surface area (Å²) in [7, 11) is 0. The normalized spacial score (nSPS) is 24.9. The van der Waals surface area contributed by atoms with Gasteiger partial charge in [0.25, 0.3) is 0 Å². The van der Waals surface area contributed by atoms with Crippen molar-refractivity contribution >= 4 is 29.5 Å². The van der Waals surface area contributed by atoms with Crippen LogP contribution in [0, 0.1) is 22.7 Å². The van der Waals surface area contributed by atoms with Gasteiger partial charge >= 0.3 is 0 Å². The molecule has 2 rings (SSSR count). The number of nitrogens with zero attached hydrogens (tertiary/aromatic N) is 3. The first-order chi connectivity index (χ1) is 14.6. The molecule has 4 atom stereocenters. The molecule has 1 aliphatic heterocycles. The molecule has 0 spiro atoms. The monoisotopic (exact) mass is 435 g/mol. The highest BCUT2D eigenvalue weighted by atomic mass is 16.6. The van der Waals surface area contributed by atoms with E-state index in [4.69, 9.17) is 31.9 Å². The number of carbonyl (C=O) groups excluding carboxylic acids is 1. The third-order valence-electron chi connectivity index (χ3n) is 5.78. The molecule has 1 heterocycles. The number of amides is 1. The van der Waals surface area contributed by atoms with E-state index in [0.717, 1.165) is 12.8 Å².